The van der Waals surface area contributed by atoms with Crippen LogP contribution in [-0.2, 0) is 0 Å². The van der Waals surface area contributed by atoms with Crippen LogP contribution in [-0.4, -0.2) is 34.9 Å². The standard InChI is InChI=1S/C18H27N5OS/c24-15(19-16-21-22-17(25-16)23-4-2-1-3-5-23)20-18-9-12-6-13(10-18)8-14(7-12)11-18/h12-14H,1-11H2,(H2,19,20,21,24). The number of piperidine rings is 1. The van der Waals surface area contributed by atoms with Crippen molar-refractivity contribution in [3.63, 3.8) is 0 Å². The molecule has 4 bridgehead atoms. The fraction of sp³-hybridized carbons (Fsp3) is 0.833. The topological polar surface area (TPSA) is 70.2 Å². The van der Waals surface area contributed by atoms with Gasteiger partial charge in [-0.25, -0.2) is 4.79 Å². The van der Waals surface area contributed by atoms with Crippen molar-refractivity contribution >= 4 is 27.6 Å². The van der Waals surface area contributed by atoms with Crippen molar-refractivity contribution in [1.29, 1.82) is 0 Å². The third-order valence-corrected chi connectivity index (χ3v) is 7.58. The Balaban J connectivity index is 1.22. The maximum absolute atomic E-state index is 12.6. The molecule has 2 N–H and O–H groups in total. The minimum Gasteiger partial charge on any atom is -0.347 e. The summed E-state index contributed by atoms with van der Waals surface area (Å²) in [6.45, 7) is 2.10. The molecule has 1 aromatic heterocycles. The van der Waals surface area contributed by atoms with Gasteiger partial charge in [0.15, 0.2) is 0 Å². The molecule has 25 heavy (non-hydrogen) atoms. The fourth-order valence-corrected chi connectivity index (χ4v) is 6.90. The number of nitrogens with one attached hydrogen (secondary N) is 2. The fourth-order valence-electron chi connectivity index (χ4n) is 6.11. The lowest BCUT2D eigenvalue weighted by Crippen LogP contribution is -2.60. The lowest BCUT2D eigenvalue weighted by Gasteiger charge is -2.56. The number of carbonyl (C=O) groups is 1. The summed E-state index contributed by atoms with van der Waals surface area (Å²) in [6, 6.07) is -0.0942. The third kappa shape index (κ3) is 3.11. The lowest BCUT2D eigenvalue weighted by molar-refractivity contribution is -0.0127. The molecule has 1 aliphatic heterocycles. The van der Waals surface area contributed by atoms with Crippen LogP contribution in [0.4, 0.5) is 15.1 Å². The summed E-state index contributed by atoms with van der Waals surface area (Å²) >= 11 is 1.49. The summed E-state index contributed by atoms with van der Waals surface area (Å²) in [7, 11) is 0. The van der Waals surface area contributed by atoms with Gasteiger partial charge >= 0.3 is 6.03 Å². The van der Waals surface area contributed by atoms with Crippen LogP contribution >= 0.6 is 11.3 Å². The van der Waals surface area contributed by atoms with Crippen LogP contribution in [0.2, 0.25) is 0 Å². The number of anilines is 2. The van der Waals surface area contributed by atoms with Crippen LogP contribution in [0.3, 0.4) is 0 Å². The lowest BCUT2D eigenvalue weighted by atomic mass is 9.53. The molecule has 6 nitrogen and oxygen atoms in total. The van der Waals surface area contributed by atoms with Crippen molar-refractivity contribution in [2.75, 3.05) is 23.3 Å². The van der Waals surface area contributed by atoms with Gasteiger partial charge < -0.3 is 10.2 Å². The summed E-state index contributed by atoms with van der Waals surface area (Å²) in [5.41, 5.74) is 0.0409. The monoisotopic (exact) mass is 361 g/mol. The van der Waals surface area contributed by atoms with Gasteiger partial charge in [-0.15, -0.1) is 10.2 Å². The van der Waals surface area contributed by atoms with Crippen molar-refractivity contribution < 1.29 is 4.79 Å². The van der Waals surface area contributed by atoms with Gasteiger partial charge in [-0.3, -0.25) is 5.32 Å². The number of amides is 2. The molecule has 0 radical (unpaired) electrons. The molecule has 5 aliphatic rings. The van der Waals surface area contributed by atoms with E-state index in [1.54, 1.807) is 0 Å². The molecule has 136 valence electrons. The first-order valence-electron chi connectivity index (χ1n) is 9.85. The molecule has 6 rings (SSSR count). The molecule has 4 saturated carbocycles. The number of hydrogen-bond donors (Lipinski definition) is 2. The molecule has 7 heteroatoms. The Morgan fingerprint density at radius 3 is 2.28 bits per heavy atom. The number of hydrogen-bond acceptors (Lipinski definition) is 5. The van der Waals surface area contributed by atoms with Gasteiger partial charge in [0, 0.05) is 18.6 Å². The second-order valence-electron chi connectivity index (χ2n) is 8.71. The highest BCUT2D eigenvalue weighted by atomic mass is 32.1. The van der Waals surface area contributed by atoms with Crippen LogP contribution < -0.4 is 15.5 Å². The molecule has 2 amide bonds. The predicted octanol–water partition coefficient (Wildman–Crippen LogP) is 3.62. The van der Waals surface area contributed by atoms with Crippen molar-refractivity contribution in [3.8, 4) is 0 Å². The molecule has 0 unspecified atom stereocenters. The van der Waals surface area contributed by atoms with Crippen LogP contribution in [0.15, 0.2) is 0 Å². The minimum absolute atomic E-state index is 0.0409. The number of aromatic nitrogens is 2. The van der Waals surface area contributed by atoms with Crippen molar-refractivity contribution in [1.82, 2.24) is 15.5 Å². The van der Waals surface area contributed by atoms with E-state index >= 15 is 0 Å². The zero-order valence-electron chi connectivity index (χ0n) is 14.7. The number of nitrogens with zero attached hydrogens (tertiary/aromatic N) is 3. The molecule has 1 saturated heterocycles. The van der Waals surface area contributed by atoms with Crippen LogP contribution in [0.5, 0.6) is 0 Å². The van der Waals surface area contributed by atoms with Crippen LogP contribution in [0, 0.1) is 17.8 Å². The van der Waals surface area contributed by atoms with Crippen molar-refractivity contribution in [2.24, 2.45) is 17.8 Å². The normalized spacial score (nSPS) is 36.5. The average Bonchev–Trinajstić information content (AvgIpc) is 3.02. The summed E-state index contributed by atoms with van der Waals surface area (Å²) in [5, 5.41) is 16.3. The van der Waals surface area contributed by atoms with Crippen molar-refractivity contribution in [2.45, 2.75) is 63.3 Å². The first kappa shape index (κ1) is 15.9. The zero-order chi connectivity index (χ0) is 16.9. The van der Waals surface area contributed by atoms with Gasteiger partial charge in [0.25, 0.3) is 0 Å². The van der Waals surface area contributed by atoms with E-state index in [1.807, 2.05) is 0 Å². The van der Waals surface area contributed by atoms with Gasteiger partial charge in [-0.05, 0) is 75.5 Å². The smallest absolute Gasteiger partial charge is 0.321 e. The molecular formula is C18H27N5OS. The Bertz CT molecular complexity index is 618. The highest BCUT2D eigenvalue weighted by Gasteiger charge is 2.51. The Morgan fingerprint density at radius 2 is 1.64 bits per heavy atom. The summed E-state index contributed by atoms with van der Waals surface area (Å²) < 4.78 is 0. The number of rotatable bonds is 3. The highest BCUT2D eigenvalue weighted by molar-refractivity contribution is 7.19. The van der Waals surface area contributed by atoms with E-state index in [0.717, 1.165) is 36.0 Å². The molecule has 0 atom stereocenters. The highest BCUT2D eigenvalue weighted by Crippen LogP contribution is 2.55. The molecule has 0 aromatic carbocycles. The first-order valence-corrected chi connectivity index (χ1v) is 10.7. The van der Waals surface area contributed by atoms with E-state index in [2.05, 4.69) is 25.7 Å². The van der Waals surface area contributed by atoms with E-state index in [4.69, 9.17) is 0 Å². The Hall–Kier alpha value is -1.37. The van der Waals surface area contributed by atoms with Gasteiger partial charge in [0.2, 0.25) is 10.3 Å². The molecule has 0 spiro atoms. The third-order valence-electron chi connectivity index (χ3n) is 6.68. The predicted molar refractivity (Wildman–Crippen MR) is 99.0 cm³/mol. The maximum Gasteiger partial charge on any atom is 0.321 e. The SMILES string of the molecule is O=C(Nc1nnc(N2CCCCC2)s1)NC12CC3CC(CC(C3)C1)C2. The van der Waals surface area contributed by atoms with Gasteiger partial charge in [-0.1, -0.05) is 11.3 Å². The second kappa shape index (κ2) is 6.11. The Morgan fingerprint density at radius 1 is 1.00 bits per heavy atom. The van der Waals surface area contributed by atoms with Crippen molar-refractivity contribution in [3.05, 3.63) is 0 Å². The largest absolute Gasteiger partial charge is 0.347 e. The van der Waals surface area contributed by atoms with Gasteiger partial charge in [-0.2, -0.15) is 0 Å². The minimum atomic E-state index is -0.0942. The first-order chi connectivity index (χ1) is 12.2. The number of urea groups is 1. The molecule has 2 heterocycles. The number of carbonyl (C=O) groups excluding carboxylic acids is 1. The van der Waals surface area contributed by atoms with Crippen LogP contribution in [0.25, 0.3) is 0 Å². The van der Waals surface area contributed by atoms with Crippen LogP contribution in [0.1, 0.15) is 57.8 Å². The quantitative estimate of drug-likeness (QED) is 0.863. The van der Waals surface area contributed by atoms with Gasteiger partial charge in [0.05, 0.1) is 0 Å². The average molecular weight is 362 g/mol. The van der Waals surface area contributed by atoms with E-state index in [9.17, 15) is 4.79 Å². The zero-order valence-corrected chi connectivity index (χ0v) is 15.5. The van der Waals surface area contributed by atoms with E-state index in [0.29, 0.717) is 5.13 Å². The molecule has 1 aromatic rings. The Labute approximate surface area is 152 Å². The Kier molecular flexibility index (Phi) is 3.87. The molecule has 5 fully saturated rings. The van der Waals surface area contributed by atoms with E-state index in [-0.39, 0.29) is 11.6 Å². The van der Waals surface area contributed by atoms with E-state index in [1.165, 1.54) is 69.1 Å². The second-order valence-corrected chi connectivity index (χ2v) is 9.67. The molecule has 4 aliphatic carbocycles. The molecular weight excluding hydrogens is 334 g/mol. The maximum atomic E-state index is 12.6. The summed E-state index contributed by atoms with van der Waals surface area (Å²) in [6.07, 6.45) is 11.4. The van der Waals surface area contributed by atoms with Gasteiger partial charge in [0.1, 0.15) is 0 Å². The summed E-state index contributed by atoms with van der Waals surface area (Å²) in [4.78, 5) is 14.9. The summed E-state index contributed by atoms with van der Waals surface area (Å²) in [5.74, 6) is 2.50. The van der Waals surface area contributed by atoms with E-state index < -0.39 is 0 Å².